The minimum atomic E-state index is -0.154. The number of hydrogen-bond acceptors (Lipinski definition) is 2. The molecule has 0 bridgehead atoms. The van der Waals surface area contributed by atoms with Gasteiger partial charge in [-0.25, -0.2) is 0 Å². The summed E-state index contributed by atoms with van der Waals surface area (Å²) in [4.78, 5) is 11.6. The van der Waals surface area contributed by atoms with Crippen molar-refractivity contribution >= 4 is 12.0 Å². The van der Waals surface area contributed by atoms with Crippen molar-refractivity contribution in [2.75, 3.05) is 6.61 Å². The van der Waals surface area contributed by atoms with Gasteiger partial charge in [0.15, 0.2) is 0 Å². The second-order valence-corrected chi connectivity index (χ2v) is 5.22. The highest BCUT2D eigenvalue weighted by Crippen LogP contribution is 2.38. The van der Waals surface area contributed by atoms with Crippen molar-refractivity contribution in [2.45, 2.75) is 20.8 Å². The Balaban J connectivity index is 2.39. The molecule has 0 saturated carbocycles. The normalized spacial score (nSPS) is 25.7. The average molecular weight is 230 g/mol. The molecule has 1 aliphatic heterocycles. The zero-order chi connectivity index (χ0) is 12.5. The van der Waals surface area contributed by atoms with Gasteiger partial charge < -0.3 is 4.74 Å². The lowest BCUT2D eigenvalue weighted by Crippen LogP contribution is -2.37. The predicted molar refractivity (Wildman–Crippen MR) is 68.3 cm³/mol. The minimum Gasteiger partial charge on any atom is -0.464 e. The lowest BCUT2D eigenvalue weighted by molar-refractivity contribution is -0.153. The van der Waals surface area contributed by atoms with Gasteiger partial charge in [0.2, 0.25) is 0 Å². The first-order valence-corrected chi connectivity index (χ1v) is 5.94. The van der Waals surface area contributed by atoms with E-state index in [0.717, 1.165) is 11.1 Å². The summed E-state index contributed by atoms with van der Waals surface area (Å²) in [5, 5.41) is 0. The van der Waals surface area contributed by atoms with Gasteiger partial charge >= 0.3 is 5.97 Å². The lowest BCUT2D eigenvalue weighted by atomic mass is 9.75. The van der Waals surface area contributed by atoms with E-state index in [1.165, 1.54) is 0 Å². The van der Waals surface area contributed by atoms with Gasteiger partial charge in [0.1, 0.15) is 6.61 Å². The van der Waals surface area contributed by atoms with E-state index in [2.05, 4.69) is 32.1 Å². The summed E-state index contributed by atoms with van der Waals surface area (Å²) in [7, 11) is 0. The summed E-state index contributed by atoms with van der Waals surface area (Å²) < 4.78 is 5.19. The van der Waals surface area contributed by atoms with E-state index in [-0.39, 0.29) is 17.3 Å². The fourth-order valence-electron chi connectivity index (χ4n) is 2.22. The molecule has 0 radical (unpaired) electrons. The van der Waals surface area contributed by atoms with Crippen LogP contribution in [0.4, 0.5) is 0 Å². The number of rotatable bonds is 1. The van der Waals surface area contributed by atoms with E-state index in [1.54, 1.807) is 0 Å². The summed E-state index contributed by atoms with van der Waals surface area (Å²) in [5.41, 5.74) is 2.21. The van der Waals surface area contributed by atoms with Crippen LogP contribution < -0.4 is 0 Å². The molecule has 0 amide bonds. The smallest absolute Gasteiger partial charge is 0.312 e. The molecule has 2 nitrogen and oxygen atoms in total. The molecule has 1 aliphatic rings. The molecule has 1 saturated heterocycles. The van der Waals surface area contributed by atoms with E-state index in [9.17, 15) is 4.79 Å². The van der Waals surface area contributed by atoms with Gasteiger partial charge in [0, 0.05) is 5.41 Å². The number of esters is 1. The summed E-state index contributed by atoms with van der Waals surface area (Å²) in [6.07, 6.45) is 2.12. The van der Waals surface area contributed by atoms with E-state index >= 15 is 0 Å². The average Bonchev–Trinajstić information content (AvgIpc) is 2.32. The van der Waals surface area contributed by atoms with Gasteiger partial charge in [-0.15, -0.1) is 0 Å². The molecule has 2 rings (SSSR count). The first-order chi connectivity index (χ1) is 8.00. The zero-order valence-electron chi connectivity index (χ0n) is 10.6. The van der Waals surface area contributed by atoms with Crippen molar-refractivity contribution in [3.8, 4) is 0 Å². The van der Waals surface area contributed by atoms with E-state index in [0.29, 0.717) is 6.61 Å². The summed E-state index contributed by atoms with van der Waals surface area (Å²) in [6.45, 7) is 6.61. The van der Waals surface area contributed by atoms with Crippen LogP contribution in [0, 0.1) is 11.3 Å². The molecular formula is C15H18O2. The zero-order valence-corrected chi connectivity index (χ0v) is 10.6. The molecule has 2 heteroatoms. The van der Waals surface area contributed by atoms with E-state index in [1.807, 2.05) is 25.1 Å². The Morgan fingerprint density at radius 3 is 2.59 bits per heavy atom. The summed E-state index contributed by atoms with van der Waals surface area (Å²) >= 11 is 0. The Kier molecular flexibility index (Phi) is 3.05. The molecule has 0 aromatic heterocycles. The molecular weight excluding hydrogens is 212 g/mol. The molecule has 1 fully saturated rings. The number of hydrogen-bond donors (Lipinski definition) is 0. The van der Waals surface area contributed by atoms with Gasteiger partial charge in [-0.05, 0) is 18.1 Å². The third-order valence-corrected chi connectivity index (χ3v) is 3.30. The molecule has 0 aliphatic carbocycles. The Bertz CT molecular complexity index is 443. The topological polar surface area (TPSA) is 26.3 Å². The minimum absolute atomic E-state index is 0.0802. The highest BCUT2D eigenvalue weighted by atomic mass is 16.5. The Hall–Kier alpha value is -1.57. The van der Waals surface area contributed by atoms with Crippen molar-refractivity contribution in [1.29, 1.82) is 0 Å². The first-order valence-electron chi connectivity index (χ1n) is 5.94. The van der Waals surface area contributed by atoms with Crippen molar-refractivity contribution in [1.82, 2.24) is 0 Å². The number of ether oxygens (including phenoxy) is 1. The third kappa shape index (κ3) is 2.41. The monoisotopic (exact) mass is 230 g/mol. The second-order valence-electron chi connectivity index (χ2n) is 5.22. The first kappa shape index (κ1) is 11.9. The van der Waals surface area contributed by atoms with Crippen molar-refractivity contribution < 1.29 is 9.53 Å². The third-order valence-electron chi connectivity index (χ3n) is 3.30. The van der Waals surface area contributed by atoms with Crippen molar-refractivity contribution in [3.05, 3.63) is 41.5 Å². The molecule has 1 atom stereocenters. The number of carbonyl (C=O) groups is 1. The fraction of sp³-hybridized carbons (Fsp3) is 0.400. The molecule has 90 valence electrons. The fourth-order valence-corrected chi connectivity index (χ4v) is 2.22. The maximum absolute atomic E-state index is 11.6. The molecule has 1 aromatic rings. The van der Waals surface area contributed by atoms with Crippen molar-refractivity contribution in [3.63, 3.8) is 0 Å². The van der Waals surface area contributed by atoms with Crippen LogP contribution in [0.15, 0.2) is 35.9 Å². The van der Waals surface area contributed by atoms with Gasteiger partial charge in [0.05, 0.1) is 5.92 Å². The predicted octanol–water partition coefficient (Wildman–Crippen LogP) is 3.29. The standard InChI is InChI=1S/C15H18O2/c1-11-13(9-12-7-5-4-6-8-12)15(2,3)10-17-14(11)16/h4-9,11H,10H2,1-3H3/b13-9+. The highest BCUT2D eigenvalue weighted by molar-refractivity contribution is 5.79. The highest BCUT2D eigenvalue weighted by Gasteiger charge is 2.37. The quantitative estimate of drug-likeness (QED) is 0.692. The van der Waals surface area contributed by atoms with E-state index in [4.69, 9.17) is 4.74 Å². The Morgan fingerprint density at radius 1 is 1.29 bits per heavy atom. The summed E-state index contributed by atoms with van der Waals surface area (Å²) in [5.74, 6) is -0.273. The van der Waals surface area contributed by atoms with Crippen LogP contribution in [0.2, 0.25) is 0 Å². The van der Waals surface area contributed by atoms with Crippen LogP contribution in [0.25, 0.3) is 6.08 Å². The second kappa shape index (κ2) is 4.36. The number of carbonyl (C=O) groups excluding carboxylic acids is 1. The molecule has 1 aromatic carbocycles. The molecule has 17 heavy (non-hydrogen) atoms. The van der Waals surface area contributed by atoms with Gasteiger partial charge in [-0.3, -0.25) is 4.79 Å². The Labute approximate surface area is 102 Å². The van der Waals surface area contributed by atoms with Gasteiger partial charge in [0.25, 0.3) is 0 Å². The lowest BCUT2D eigenvalue weighted by Gasteiger charge is -2.36. The Morgan fingerprint density at radius 2 is 1.94 bits per heavy atom. The molecule has 1 unspecified atom stereocenters. The van der Waals surface area contributed by atoms with Crippen LogP contribution in [0.5, 0.6) is 0 Å². The van der Waals surface area contributed by atoms with Gasteiger partial charge in [-0.2, -0.15) is 0 Å². The van der Waals surface area contributed by atoms with Crippen LogP contribution in [0.3, 0.4) is 0 Å². The van der Waals surface area contributed by atoms with E-state index < -0.39 is 0 Å². The number of benzene rings is 1. The SMILES string of the molecule is CC1C(=O)OCC(C)(C)/C1=C/c1ccccc1. The maximum Gasteiger partial charge on any atom is 0.312 e. The van der Waals surface area contributed by atoms with Crippen LogP contribution >= 0.6 is 0 Å². The van der Waals surface area contributed by atoms with Crippen LogP contribution in [-0.4, -0.2) is 12.6 Å². The molecule has 0 N–H and O–H groups in total. The number of cyclic esters (lactones) is 1. The van der Waals surface area contributed by atoms with Crippen LogP contribution in [0.1, 0.15) is 26.3 Å². The maximum atomic E-state index is 11.6. The van der Waals surface area contributed by atoms with Crippen LogP contribution in [-0.2, 0) is 9.53 Å². The molecule has 1 heterocycles. The largest absolute Gasteiger partial charge is 0.464 e. The molecule has 0 spiro atoms. The van der Waals surface area contributed by atoms with Gasteiger partial charge in [-0.1, -0.05) is 50.3 Å². The van der Waals surface area contributed by atoms with Crippen molar-refractivity contribution in [2.24, 2.45) is 11.3 Å². The summed E-state index contributed by atoms with van der Waals surface area (Å²) in [6, 6.07) is 10.1.